The van der Waals surface area contributed by atoms with Crippen LogP contribution in [0.5, 0.6) is 0 Å². The molecule has 0 atom stereocenters. The molecule has 0 heterocycles. The molecule has 0 radical (unpaired) electrons. The maximum atomic E-state index is 13.8. The van der Waals surface area contributed by atoms with E-state index < -0.39 is 0 Å². The zero-order chi connectivity index (χ0) is 47.2. The lowest BCUT2D eigenvalue weighted by molar-refractivity contribution is 0.0513. The lowest BCUT2D eigenvalue weighted by Gasteiger charge is -2.26. The quantitative estimate of drug-likeness (QED) is 0.0450. The van der Waals surface area contributed by atoms with Crippen LogP contribution in [-0.2, 0) is 4.74 Å². The van der Waals surface area contributed by atoms with Gasteiger partial charge in [0.25, 0.3) is 0 Å². The summed E-state index contributed by atoms with van der Waals surface area (Å²) in [6.07, 6.45) is 76.3. The fourth-order valence-corrected chi connectivity index (χ4v) is 8.36. The van der Waals surface area contributed by atoms with E-state index >= 15 is 0 Å². The summed E-state index contributed by atoms with van der Waals surface area (Å²) >= 11 is 0. The molecular formula is C61H112N2O2. The fourth-order valence-electron chi connectivity index (χ4n) is 8.36. The highest BCUT2D eigenvalue weighted by molar-refractivity contribution is 5.67. The lowest BCUT2D eigenvalue weighted by atomic mass is 10.0. The van der Waals surface area contributed by atoms with Crippen LogP contribution in [0.25, 0.3) is 0 Å². The summed E-state index contributed by atoms with van der Waals surface area (Å²) in [5, 5.41) is 0. The molecular weight excluding hydrogens is 793 g/mol. The van der Waals surface area contributed by atoms with Crippen LogP contribution < -0.4 is 0 Å². The predicted octanol–water partition coefficient (Wildman–Crippen LogP) is 20.0. The van der Waals surface area contributed by atoms with Gasteiger partial charge in [0, 0.05) is 13.1 Å². The summed E-state index contributed by atoms with van der Waals surface area (Å²) < 4.78 is 6.44. The topological polar surface area (TPSA) is 32.8 Å². The lowest BCUT2D eigenvalue weighted by Crippen LogP contribution is -2.37. The van der Waals surface area contributed by atoms with Gasteiger partial charge >= 0.3 is 6.09 Å². The Morgan fingerprint density at radius 2 is 0.646 bits per heavy atom. The first-order valence-corrected chi connectivity index (χ1v) is 28.5. The average Bonchev–Trinajstić information content (AvgIpc) is 3.30. The third-order valence-corrected chi connectivity index (χ3v) is 12.6. The second-order valence-corrected chi connectivity index (χ2v) is 19.5. The smallest absolute Gasteiger partial charge is 0.410 e. The molecule has 0 aromatic rings. The van der Waals surface area contributed by atoms with Crippen molar-refractivity contribution in [1.29, 1.82) is 0 Å². The summed E-state index contributed by atoms with van der Waals surface area (Å²) in [6.45, 7) is 9.42. The van der Waals surface area contributed by atoms with Crippen LogP contribution in [0, 0.1) is 0 Å². The van der Waals surface area contributed by atoms with E-state index in [0.29, 0.717) is 0 Å². The molecule has 4 heteroatoms. The number of carbonyl (C=O) groups is 1. The Morgan fingerprint density at radius 3 is 0.985 bits per heavy atom. The molecule has 0 N–H and O–H groups in total. The Bertz CT molecular complexity index is 1080. The van der Waals surface area contributed by atoms with Crippen LogP contribution in [0.4, 0.5) is 4.79 Å². The molecule has 0 fully saturated rings. The van der Waals surface area contributed by atoms with Gasteiger partial charge in [0.05, 0.1) is 0 Å². The summed E-state index contributed by atoms with van der Waals surface area (Å²) in [6, 6.07) is 0. The second-order valence-electron chi connectivity index (χ2n) is 19.5. The standard InChI is InChI=1S/C61H112N2O2/c1-6-9-12-15-18-21-24-27-30-33-36-39-42-45-48-51-55-60(56-52-49-46-43-40-37-34-31-28-25-22-19-16-13-10-7-2)65-61(64)63(59-54-57-62(4)5)58-53-50-47-44-41-38-35-32-29-26-23-20-17-14-11-8-3/h18-23,27-32,60H,6-17,24-26,33-59H2,1-5H3/b21-18-,22-19-,23-20-,30-27-,31-28-,32-29-. The van der Waals surface area contributed by atoms with Crippen LogP contribution in [0.1, 0.15) is 271 Å². The van der Waals surface area contributed by atoms with Crippen molar-refractivity contribution in [2.24, 2.45) is 0 Å². The average molecular weight is 906 g/mol. The molecule has 0 aliphatic rings. The number of rotatable bonds is 50. The first-order chi connectivity index (χ1) is 32.0. The van der Waals surface area contributed by atoms with Crippen LogP contribution in [0.3, 0.4) is 0 Å². The van der Waals surface area contributed by atoms with E-state index in [1.165, 1.54) is 193 Å². The normalized spacial score (nSPS) is 12.5. The molecule has 0 bridgehead atoms. The molecule has 378 valence electrons. The van der Waals surface area contributed by atoms with Crippen molar-refractivity contribution in [2.75, 3.05) is 33.7 Å². The van der Waals surface area contributed by atoms with Crippen LogP contribution in [-0.4, -0.2) is 55.7 Å². The van der Waals surface area contributed by atoms with E-state index in [4.69, 9.17) is 4.74 Å². The SMILES string of the molecule is CCCCC/C=C\C/C=C\CCCCCCCCC(CCCCCCCC/C=C\C/C=C\CCCCC)OC(=O)N(CCCCCCCC/C=C\C/C=C\CCCCC)CCCN(C)C. The van der Waals surface area contributed by atoms with Crippen molar-refractivity contribution in [3.8, 4) is 0 Å². The Hall–Kier alpha value is -2.33. The van der Waals surface area contributed by atoms with Crippen LogP contribution in [0.2, 0.25) is 0 Å². The van der Waals surface area contributed by atoms with Gasteiger partial charge in [-0.1, -0.05) is 209 Å². The molecule has 0 aromatic carbocycles. The number of hydrogen-bond acceptors (Lipinski definition) is 3. The van der Waals surface area contributed by atoms with Crippen LogP contribution >= 0.6 is 0 Å². The number of unbranched alkanes of at least 4 members (excludes halogenated alkanes) is 27. The van der Waals surface area contributed by atoms with E-state index in [1.807, 2.05) is 0 Å². The molecule has 0 aromatic heterocycles. The molecule has 65 heavy (non-hydrogen) atoms. The molecule has 0 saturated carbocycles. The van der Waals surface area contributed by atoms with Gasteiger partial charge in [0.2, 0.25) is 0 Å². The first-order valence-electron chi connectivity index (χ1n) is 28.5. The minimum absolute atomic E-state index is 0.0476. The van der Waals surface area contributed by atoms with Crippen molar-refractivity contribution < 1.29 is 9.53 Å². The number of ether oxygens (including phenoxy) is 1. The van der Waals surface area contributed by atoms with Gasteiger partial charge < -0.3 is 14.5 Å². The molecule has 4 nitrogen and oxygen atoms in total. The highest BCUT2D eigenvalue weighted by Crippen LogP contribution is 2.19. The van der Waals surface area contributed by atoms with E-state index in [-0.39, 0.29) is 12.2 Å². The molecule has 0 aliphatic heterocycles. The summed E-state index contributed by atoms with van der Waals surface area (Å²) in [5.74, 6) is 0. The maximum Gasteiger partial charge on any atom is 0.410 e. The van der Waals surface area contributed by atoms with Gasteiger partial charge in [-0.3, -0.25) is 0 Å². The first kappa shape index (κ1) is 62.7. The van der Waals surface area contributed by atoms with Gasteiger partial charge in [-0.15, -0.1) is 0 Å². The van der Waals surface area contributed by atoms with E-state index in [0.717, 1.165) is 77.4 Å². The molecule has 0 spiro atoms. The summed E-state index contributed by atoms with van der Waals surface area (Å²) in [7, 11) is 4.25. The maximum absolute atomic E-state index is 13.8. The third-order valence-electron chi connectivity index (χ3n) is 12.6. The fraction of sp³-hybridized carbons (Fsp3) is 0.787. The number of hydrogen-bond donors (Lipinski definition) is 0. The minimum atomic E-state index is -0.0589. The van der Waals surface area contributed by atoms with Gasteiger partial charge in [-0.2, -0.15) is 0 Å². The highest BCUT2D eigenvalue weighted by Gasteiger charge is 2.20. The van der Waals surface area contributed by atoms with E-state index in [1.54, 1.807) is 0 Å². The summed E-state index contributed by atoms with van der Waals surface area (Å²) in [5.41, 5.74) is 0. The van der Waals surface area contributed by atoms with Gasteiger partial charge in [0.15, 0.2) is 0 Å². The van der Waals surface area contributed by atoms with Crippen molar-refractivity contribution in [1.82, 2.24) is 9.80 Å². The van der Waals surface area contributed by atoms with Crippen molar-refractivity contribution in [3.63, 3.8) is 0 Å². The highest BCUT2D eigenvalue weighted by atomic mass is 16.6. The van der Waals surface area contributed by atoms with Crippen LogP contribution in [0.15, 0.2) is 72.9 Å². The van der Waals surface area contributed by atoms with E-state index in [9.17, 15) is 4.79 Å². The molecule has 1 amide bonds. The molecule has 0 aliphatic carbocycles. The zero-order valence-corrected chi connectivity index (χ0v) is 44.4. The Kier molecular flexibility index (Phi) is 52.3. The Balaban J connectivity index is 4.79. The molecule has 0 saturated heterocycles. The molecule has 0 rings (SSSR count). The number of allylic oxidation sites excluding steroid dienone is 12. The number of nitrogens with zero attached hydrogens (tertiary/aromatic N) is 2. The van der Waals surface area contributed by atoms with Gasteiger partial charge in [-0.25, -0.2) is 4.79 Å². The number of carbonyl (C=O) groups excluding carboxylic acids is 1. The zero-order valence-electron chi connectivity index (χ0n) is 44.4. The number of amides is 1. The van der Waals surface area contributed by atoms with Gasteiger partial charge in [-0.05, 0) is 155 Å². The monoisotopic (exact) mass is 905 g/mol. The minimum Gasteiger partial charge on any atom is -0.446 e. The van der Waals surface area contributed by atoms with E-state index in [2.05, 4.69) is 118 Å². The van der Waals surface area contributed by atoms with Crippen molar-refractivity contribution in [3.05, 3.63) is 72.9 Å². The Morgan fingerprint density at radius 1 is 0.354 bits per heavy atom. The third kappa shape index (κ3) is 50.9. The van der Waals surface area contributed by atoms with Crippen molar-refractivity contribution >= 4 is 6.09 Å². The largest absolute Gasteiger partial charge is 0.446 e. The molecule has 0 unspecified atom stereocenters. The Labute approximate surface area is 407 Å². The van der Waals surface area contributed by atoms with Crippen molar-refractivity contribution in [2.45, 2.75) is 277 Å². The summed E-state index contributed by atoms with van der Waals surface area (Å²) in [4.78, 5) is 18.1. The van der Waals surface area contributed by atoms with Gasteiger partial charge in [0.1, 0.15) is 6.10 Å². The predicted molar refractivity (Wildman–Crippen MR) is 292 cm³/mol. The second kappa shape index (κ2) is 54.3.